The van der Waals surface area contributed by atoms with Crippen LogP contribution < -0.4 is 0 Å². The monoisotopic (exact) mass is 197 g/mol. The minimum Gasteiger partial charge on any atom is -0.223 e. The van der Waals surface area contributed by atoms with Crippen molar-refractivity contribution in [3.05, 3.63) is 35.6 Å². The van der Waals surface area contributed by atoms with E-state index in [9.17, 15) is 8.42 Å². The predicted octanol–water partition coefficient (Wildman–Crippen LogP) is 2.42. The molecule has 2 nitrogen and oxygen atoms in total. The zero-order valence-electron chi connectivity index (χ0n) is 7.82. The molecule has 0 heterocycles. The number of rotatable bonds is 3. The largest absolute Gasteiger partial charge is 0.223 e. The molecule has 0 aromatic heterocycles. The zero-order chi connectivity index (χ0) is 9.90. The molecule has 0 bridgehead atoms. The van der Waals surface area contributed by atoms with E-state index >= 15 is 0 Å². The lowest BCUT2D eigenvalue weighted by molar-refractivity contribution is 0.594. The van der Waals surface area contributed by atoms with Gasteiger partial charge in [-0.25, -0.2) is 8.42 Å². The highest BCUT2D eigenvalue weighted by atomic mass is 32.2. The fourth-order valence-corrected chi connectivity index (χ4v) is 2.29. The summed E-state index contributed by atoms with van der Waals surface area (Å²) in [5, 5.41) is 0.513. The molecular weight excluding hydrogens is 184 g/mol. The fourth-order valence-electron chi connectivity index (χ4n) is 0.991. The maximum Gasteiger partial charge on any atom is 0.185 e. The summed E-state index contributed by atoms with van der Waals surface area (Å²) >= 11 is 0. The van der Waals surface area contributed by atoms with Crippen LogP contribution in [0.5, 0.6) is 0 Å². The minimum atomic E-state index is -3.17. The van der Waals surface area contributed by atoms with E-state index in [0.717, 1.165) is 0 Å². The molecule has 0 amide bonds. The second-order valence-corrected chi connectivity index (χ2v) is 5.05. The van der Waals surface area contributed by atoms with Crippen molar-refractivity contribution in [1.82, 2.24) is 0 Å². The van der Waals surface area contributed by atoms with E-state index in [-0.39, 0.29) is 0 Å². The van der Waals surface area contributed by atoms with Gasteiger partial charge in [-0.3, -0.25) is 0 Å². The lowest BCUT2D eigenvalue weighted by Gasteiger charge is -2.08. The molecule has 0 saturated carbocycles. The molecule has 1 aromatic rings. The van der Waals surface area contributed by atoms with Crippen LogP contribution in [0.25, 0.3) is 0 Å². The molecule has 71 valence electrons. The van der Waals surface area contributed by atoms with Crippen LogP contribution in [-0.2, 0) is 9.84 Å². The zero-order valence-corrected chi connectivity index (χ0v) is 8.64. The van der Waals surface area contributed by atoms with Crippen LogP contribution >= 0.6 is 0 Å². The number of hydrogen-bond acceptors (Lipinski definition) is 2. The van der Waals surface area contributed by atoms with Gasteiger partial charge in [0.15, 0.2) is 9.84 Å². The predicted molar refractivity (Wildman–Crippen MR) is 52.8 cm³/mol. The summed E-state index contributed by atoms with van der Waals surface area (Å²) in [7, 11) is -3.17. The van der Waals surface area contributed by atoms with Gasteiger partial charge in [0.05, 0.1) is 10.1 Å². The average molecular weight is 197 g/mol. The van der Waals surface area contributed by atoms with E-state index < -0.39 is 9.84 Å². The van der Waals surface area contributed by atoms with Crippen LogP contribution in [0.3, 0.4) is 0 Å². The smallest absolute Gasteiger partial charge is 0.185 e. The van der Waals surface area contributed by atoms with Crippen LogP contribution in [0.15, 0.2) is 35.2 Å². The highest BCUT2D eigenvalue weighted by molar-refractivity contribution is 7.94. The molecule has 1 radical (unpaired) electrons. The summed E-state index contributed by atoms with van der Waals surface area (Å²) < 4.78 is 23.5. The Balaban J connectivity index is 3.09. The molecule has 0 aliphatic carbocycles. The van der Waals surface area contributed by atoms with Crippen molar-refractivity contribution in [1.29, 1.82) is 0 Å². The van der Waals surface area contributed by atoms with Crippen molar-refractivity contribution in [2.24, 2.45) is 0 Å². The minimum absolute atomic E-state index is 0.384. The van der Waals surface area contributed by atoms with Crippen molar-refractivity contribution >= 4 is 9.84 Å². The van der Waals surface area contributed by atoms with Gasteiger partial charge in [-0.1, -0.05) is 25.1 Å². The van der Waals surface area contributed by atoms with Gasteiger partial charge in [0.2, 0.25) is 0 Å². The first-order chi connectivity index (χ1) is 6.09. The Morgan fingerprint density at radius 3 is 2.23 bits per heavy atom. The summed E-state index contributed by atoms with van der Waals surface area (Å²) in [6.45, 7) is 3.50. The SMILES string of the molecule is CC[C](C)S(=O)(=O)c1ccccc1. The molecule has 0 aliphatic heterocycles. The molecule has 0 atom stereocenters. The number of benzene rings is 1. The van der Waals surface area contributed by atoms with Crippen molar-refractivity contribution in [3.63, 3.8) is 0 Å². The Morgan fingerprint density at radius 2 is 1.77 bits per heavy atom. The van der Waals surface area contributed by atoms with Crippen LogP contribution in [0.1, 0.15) is 20.3 Å². The maximum absolute atomic E-state index is 11.7. The van der Waals surface area contributed by atoms with Crippen molar-refractivity contribution < 1.29 is 8.42 Å². The Bertz CT molecular complexity index is 354. The van der Waals surface area contributed by atoms with Gasteiger partial charge >= 0.3 is 0 Å². The Labute approximate surface area is 79.5 Å². The molecule has 13 heavy (non-hydrogen) atoms. The lowest BCUT2D eigenvalue weighted by Crippen LogP contribution is -2.08. The van der Waals surface area contributed by atoms with Crippen molar-refractivity contribution in [3.8, 4) is 0 Å². The first kappa shape index (κ1) is 10.3. The molecular formula is C10H13O2S. The standard InChI is InChI=1S/C10H13O2S/c1-3-9(2)13(11,12)10-7-5-4-6-8-10/h4-8H,3H2,1-2H3. The third-order valence-electron chi connectivity index (χ3n) is 2.01. The Kier molecular flexibility index (Phi) is 3.09. The van der Waals surface area contributed by atoms with E-state index in [1.54, 1.807) is 37.3 Å². The molecule has 0 N–H and O–H groups in total. The van der Waals surface area contributed by atoms with Crippen LogP contribution in [0.2, 0.25) is 0 Å². The van der Waals surface area contributed by atoms with Gasteiger partial charge in [0.1, 0.15) is 0 Å². The summed E-state index contributed by atoms with van der Waals surface area (Å²) in [5.41, 5.74) is 0. The Morgan fingerprint density at radius 1 is 1.23 bits per heavy atom. The molecule has 0 fully saturated rings. The molecule has 1 aromatic carbocycles. The molecule has 0 saturated heterocycles. The molecule has 0 spiro atoms. The van der Waals surface area contributed by atoms with Gasteiger partial charge in [0.25, 0.3) is 0 Å². The first-order valence-corrected chi connectivity index (χ1v) is 5.70. The fraction of sp³-hybridized carbons (Fsp3) is 0.300. The summed E-state index contributed by atoms with van der Waals surface area (Å²) in [6, 6.07) is 8.51. The quantitative estimate of drug-likeness (QED) is 0.745. The lowest BCUT2D eigenvalue weighted by atomic mass is 10.4. The summed E-state index contributed by atoms with van der Waals surface area (Å²) in [6.07, 6.45) is 0.567. The first-order valence-electron chi connectivity index (χ1n) is 4.21. The molecule has 0 aliphatic rings. The van der Waals surface area contributed by atoms with Crippen LogP contribution in [0.4, 0.5) is 0 Å². The third-order valence-corrected chi connectivity index (χ3v) is 4.11. The Hall–Kier alpha value is -0.830. The van der Waals surface area contributed by atoms with Crippen LogP contribution in [0, 0.1) is 5.25 Å². The second-order valence-electron chi connectivity index (χ2n) is 2.87. The molecule has 1 rings (SSSR count). The maximum atomic E-state index is 11.7. The van der Waals surface area contributed by atoms with Gasteiger partial charge in [-0.15, -0.1) is 0 Å². The molecule has 0 unspecified atom stereocenters. The van der Waals surface area contributed by atoms with Gasteiger partial charge in [-0.05, 0) is 25.5 Å². The van der Waals surface area contributed by atoms with E-state index in [1.807, 2.05) is 6.92 Å². The number of sulfone groups is 1. The summed E-state index contributed by atoms with van der Waals surface area (Å²) in [5.74, 6) is 0. The summed E-state index contributed by atoms with van der Waals surface area (Å²) in [4.78, 5) is 0.384. The highest BCUT2D eigenvalue weighted by Crippen LogP contribution is 2.22. The molecule has 3 heteroatoms. The topological polar surface area (TPSA) is 34.1 Å². The van der Waals surface area contributed by atoms with E-state index in [2.05, 4.69) is 0 Å². The third kappa shape index (κ3) is 2.10. The highest BCUT2D eigenvalue weighted by Gasteiger charge is 2.21. The normalized spacial score (nSPS) is 11.9. The number of hydrogen-bond donors (Lipinski definition) is 0. The van der Waals surface area contributed by atoms with Crippen molar-refractivity contribution in [2.75, 3.05) is 0 Å². The second kappa shape index (κ2) is 3.92. The van der Waals surface area contributed by atoms with E-state index in [1.165, 1.54) is 0 Å². The van der Waals surface area contributed by atoms with Gasteiger partial charge < -0.3 is 0 Å². The van der Waals surface area contributed by atoms with E-state index in [4.69, 9.17) is 0 Å². The van der Waals surface area contributed by atoms with Crippen LogP contribution in [-0.4, -0.2) is 8.42 Å². The van der Waals surface area contributed by atoms with Gasteiger partial charge in [0, 0.05) is 0 Å². The average Bonchev–Trinajstić information content (AvgIpc) is 2.18. The van der Waals surface area contributed by atoms with Gasteiger partial charge in [-0.2, -0.15) is 0 Å². The van der Waals surface area contributed by atoms with Crippen molar-refractivity contribution in [2.45, 2.75) is 25.2 Å². The van der Waals surface area contributed by atoms with E-state index in [0.29, 0.717) is 16.6 Å².